The number of phosphoric ester groups is 1. The lowest BCUT2D eigenvalue weighted by molar-refractivity contribution is 0.0246. The lowest BCUT2D eigenvalue weighted by Gasteiger charge is -2.26. The predicted molar refractivity (Wildman–Crippen MR) is 219 cm³/mol. The van der Waals surface area contributed by atoms with Crippen LogP contribution in [0.4, 0.5) is 0 Å². The first-order chi connectivity index (χ1) is 24.9. The summed E-state index contributed by atoms with van der Waals surface area (Å²) in [7, 11) is -4.45. The Kier molecular flexibility index (Phi) is 37.4. The van der Waals surface area contributed by atoms with Crippen LogP contribution in [-0.2, 0) is 13.6 Å². The number of phosphoric acid groups is 1. The highest BCUT2D eigenvalue weighted by Crippen LogP contribution is 2.46. The second-order valence-electron chi connectivity index (χ2n) is 14.0. The topological polar surface area (TPSA) is 122 Å². The Hall–Kier alpha value is -1.31. The van der Waals surface area contributed by atoms with Gasteiger partial charge in [-0.25, -0.2) is 4.57 Å². The van der Waals surface area contributed by atoms with E-state index in [1.54, 1.807) is 0 Å². The standard InChI is InChI=1S/C43H80NO6P/c1-3-5-7-9-11-13-15-17-19-21-23-25-27-29-31-33-35-37-41(43(38-44)50-51(47,48)49-40-42(46)39-45)36-34-32-30-28-26-24-22-20-18-16-14-12-10-8-6-4-2/h11,13,17,19,23,25,29,31,34,36,41-43,45-46H,3-10,12,14-16,18,20-22,24,26-28,30,32-33,35,37-40,44H2,1-2H3,(H,47,48)/b13-11-,19-17-,25-23-,31-29-,36-34-/t41?,42-,43?/m1/s1. The fraction of sp³-hybridized carbons (Fsp3) is 0.767. The molecule has 0 bridgehead atoms. The summed E-state index contributed by atoms with van der Waals surface area (Å²) in [6.07, 6.45) is 50.1. The maximum atomic E-state index is 12.6. The van der Waals surface area contributed by atoms with Crippen LogP contribution in [-0.4, -0.2) is 47.1 Å². The molecule has 0 heterocycles. The lowest BCUT2D eigenvalue weighted by atomic mass is 9.94. The number of rotatable bonds is 38. The maximum Gasteiger partial charge on any atom is 0.472 e. The number of aliphatic hydroxyl groups is 2. The molecule has 0 saturated carbocycles. The van der Waals surface area contributed by atoms with Gasteiger partial charge in [-0.3, -0.25) is 9.05 Å². The van der Waals surface area contributed by atoms with Gasteiger partial charge >= 0.3 is 7.82 Å². The van der Waals surface area contributed by atoms with E-state index >= 15 is 0 Å². The van der Waals surface area contributed by atoms with Gasteiger partial charge in [0.2, 0.25) is 0 Å². The zero-order chi connectivity index (χ0) is 37.5. The van der Waals surface area contributed by atoms with Crippen LogP contribution in [0, 0.1) is 5.92 Å². The molecule has 0 fully saturated rings. The van der Waals surface area contributed by atoms with E-state index in [1.807, 2.05) is 0 Å². The molecule has 5 N–H and O–H groups in total. The van der Waals surface area contributed by atoms with Gasteiger partial charge in [-0.05, 0) is 64.2 Å². The molecule has 0 aliphatic carbocycles. The first-order valence-electron chi connectivity index (χ1n) is 20.8. The average molecular weight is 738 g/mol. The second-order valence-corrected chi connectivity index (χ2v) is 15.4. The molecule has 0 aliphatic rings. The first kappa shape index (κ1) is 49.7. The fourth-order valence-electron chi connectivity index (χ4n) is 5.90. The molecule has 0 radical (unpaired) electrons. The molecule has 51 heavy (non-hydrogen) atoms. The molecule has 0 aromatic heterocycles. The fourth-order valence-corrected chi connectivity index (χ4v) is 6.90. The van der Waals surface area contributed by atoms with Gasteiger partial charge in [-0.15, -0.1) is 0 Å². The quantitative estimate of drug-likeness (QED) is 0.0283. The van der Waals surface area contributed by atoms with Crippen molar-refractivity contribution in [1.82, 2.24) is 0 Å². The summed E-state index contributed by atoms with van der Waals surface area (Å²) >= 11 is 0. The first-order valence-corrected chi connectivity index (χ1v) is 22.3. The number of hydrogen-bond donors (Lipinski definition) is 4. The average Bonchev–Trinajstić information content (AvgIpc) is 3.13. The summed E-state index contributed by atoms with van der Waals surface area (Å²) in [5.41, 5.74) is 6.02. The van der Waals surface area contributed by atoms with E-state index in [9.17, 15) is 14.6 Å². The number of allylic oxidation sites excluding steroid dienone is 9. The molecule has 8 heteroatoms. The molecule has 0 aliphatic heterocycles. The Labute approximate surface area is 314 Å². The second kappa shape index (κ2) is 38.4. The monoisotopic (exact) mass is 738 g/mol. The lowest BCUT2D eigenvalue weighted by Crippen LogP contribution is -2.31. The Morgan fingerprint density at radius 3 is 1.51 bits per heavy atom. The van der Waals surface area contributed by atoms with Gasteiger partial charge in [0.05, 0.1) is 19.3 Å². The molecule has 7 nitrogen and oxygen atoms in total. The third kappa shape index (κ3) is 35.5. The van der Waals surface area contributed by atoms with E-state index in [-0.39, 0.29) is 12.5 Å². The van der Waals surface area contributed by atoms with E-state index in [0.29, 0.717) is 0 Å². The van der Waals surface area contributed by atoms with Gasteiger partial charge in [-0.2, -0.15) is 0 Å². The molecule has 3 unspecified atom stereocenters. The molecule has 0 spiro atoms. The van der Waals surface area contributed by atoms with Crippen molar-refractivity contribution in [2.24, 2.45) is 11.7 Å². The summed E-state index contributed by atoms with van der Waals surface area (Å²) in [6.45, 7) is 3.51. The Bertz CT molecular complexity index is 933. The van der Waals surface area contributed by atoms with Crippen molar-refractivity contribution in [3.05, 3.63) is 60.8 Å². The Morgan fingerprint density at radius 2 is 1.02 bits per heavy atom. The van der Waals surface area contributed by atoms with Crippen LogP contribution in [0.5, 0.6) is 0 Å². The number of hydrogen-bond acceptors (Lipinski definition) is 6. The third-order valence-corrected chi connectivity index (χ3v) is 10.1. The predicted octanol–water partition coefficient (Wildman–Crippen LogP) is 12.0. The molecule has 0 saturated heterocycles. The van der Waals surface area contributed by atoms with Crippen molar-refractivity contribution in [2.45, 2.75) is 187 Å². The van der Waals surface area contributed by atoms with E-state index < -0.39 is 33.2 Å². The van der Waals surface area contributed by atoms with Crippen LogP contribution in [0.25, 0.3) is 0 Å². The maximum absolute atomic E-state index is 12.6. The van der Waals surface area contributed by atoms with Crippen molar-refractivity contribution < 1.29 is 28.7 Å². The number of aliphatic hydroxyl groups excluding tert-OH is 2. The highest BCUT2D eigenvalue weighted by Gasteiger charge is 2.30. The molecule has 0 rings (SSSR count). The van der Waals surface area contributed by atoms with Crippen LogP contribution in [0.3, 0.4) is 0 Å². The highest BCUT2D eigenvalue weighted by molar-refractivity contribution is 7.47. The molecule has 4 atom stereocenters. The van der Waals surface area contributed by atoms with E-state index in [4.69, 9.17) is 19.9 Å². The van der Waals surface area contributed by atoms with Gasteiger partial charge in [0.1, 0.15) is 6.10 Å². The largest absolute Gasteiger partial charge is 0.472 e. The minimum Gasteiger partial charge on any atom is -0.394 e. The van der Waals surface area contributed by atoms with Crippen LogP contribution in [0.2, 0.25) is 0 Å². The highest BCUT2D eigenvalue weighted by atomic mass is 31.2. The molecular weight excluding hydrogens is 657 g/mol. The van der Waals surface area contributed by atoms with E-state index in [1.165, 1.54) is 109 Å². The molecule has 0 amide bonds. The van der Waals surface area contributed by atoms with Gasteiger partial charge in [0.25, 0.3) is 0 Å². The number of nitrogens with two attached hydrogens (primary N) is 1. The van der Waals surface area contributed by atoms with Crippen LogP contribution >= 0.6 is 7.82 Å². The van der Waals surface area contributed by atoms with Gasteiger partial charge < -0.3 is 20.8 Å². The molecule has 0 aromatic carbocycles. The summed E-state index contributed by atoms with van der Waals surface area (Å²) in [4.78, 5) is 10.3. The van der Waals surface area contributed by atoms with Crippen LogP contribution in [0.1, 0.15) is 174 Å². The van der Waals surface area contributed by atoms with E-state index in [0.717, 1.165) is 51.4 Å². The zero-order valence-corrected chi connectivity index (χ0v) is 33.8. The summed E-state index contributed by atoms with van der Waals surface area (Å²) in [6, 6.07) is 0. The number of unbranched alkanes of at least 4 members (excludes halogenated alkanes) is 18. The van der Waals surface area contributed by atoms with Crippen molar-refractivity contribution in [3.63, 3.8) is 0 Å². The Balaban J connectivity index is 4.57. The summed E-state index contributed by atoms with van der Waals surface area (Å²) in [5.74, 6) is -0.139. The van der Waals surface area contributed by atoms with Gasteiger partial charge in [0.15, 0.2) is 0 Å². The molecule has 298 valence electrons. The normalized spacial score (nSPS) is 15.6. The third-order valence-electron chi connectivity index (χ3n) is 9.09. The SMILES string of the molecule is CCCCC/C=C\C/C=C\C/C=C\C/C=C\CCCC(/C=C\CCCCCCCCCCCCCCCC)C(CN)OP(=O)(O)OC[C@H](O)CO. The minimum absolute atomic E-state index is 0.0641. The smallest absolute Gasteiger partial charge is 0.394 e. The van der Waals surface area contributed by atoms with Gasteiger partial charge in [0, 0.05) is 12.5 Å². The van der Waals surface area contributed by atoms with Crippen molar-refractivity contribution in [1.29, 1.82) is 0 Å². The minimum atomic E-state index is -4.45. The zero-order valence-electron chi connectivity index (χ0n) is 32.9. The van der Waals surface area contributed by atoms with Crippen molar-refractivity contribution in [2.75, 3.05) is 19.8 Å². The van der Waals surface area contributed by atoms with Gasteiger partial charge in [-0.1, -0.05) is 171 Å². The molecular formula is C43H80NO6P. The summed E-state index contributed by atoms with van der Waals surface area (Å²) < 4.78 is 23.0. The van der Waals surface area contributed by atoms with Crippen LogP contribution < -0.4 is 5.73 Å². The van der Waals surface area contributed by atoms with Crippen molar-refractivity contribution in [3.8, 4) is 0 Å². The van der Waals surface area contributed by atoms with Crippen LogP contribution in [0.15, 0.2) is 60.8 Å². The molecule has 0 aromatic rings. The Morgan fingerprint density at radius 1 is 0.608 bits per heavy atom. The summed E-state index contributed by atoms with van der Waals surface area (Å²) in [5, 5.41) is 18.5. The van der Waals surface area contributed by atoms with Crippen molar-refractivity contribution >= 4 is 7.82 Å². The van der Waals surface area contributed by atoms with E-state index in [2.05, 4.69) is 74.6 Å².